The zero-order valence-corrected chi connectivity index (χ0v) is 8.91. The first-order valence-electron chi connectivity index (χ1n) is 4.19. The molecule has 1 unspecified atom stereocenters. The van der Waals surface area contributed by atoms with Gasteiger partial charge in [-0.05, 0) is 22.4 Å². The highest BCUT2D eigenvalue weighted by atomic mass is 32.1. The Labute approximate surface area is 90.7 Å². The molecule has 0 bridgehead atoms. The minimum absolute atomic E-state index is 0.163. The van der Waals surface area contributed by atoms with Gasteiger partial charge < -0.3 is 15.2 Å². The molecular formula is C9H11NO4S. The van der Waals surface area contributed by atoms with Crippen LogP contribution in [-0.4, -0.2) is 30.3 Å². The third-order valence-corrected chi connectivity index (χ3v) is 2.43. The topological polar surface area (TPSA) is 75.6 Å². The van der Waals surface area contributed by atoms with Gasteiger partial charge in [0.25, 0.3) is 0 Å². The molecule has 0 aliphatic heterocycles. The number of ether oxygens (including phenoxy) is 1. The van der Waals surface area contributed by atoms with E-state index in [-0.39, 0.29) is 12.3 Å². The SMILES string of the molecule is COC(NC(=O)Cc1ccsc1)C(=O)O. The van der Waals surface area contributed by atoms with Crippen LogP contribution in [0.1, 0.15) is 5.56 Å². The molecular weight excluding hydrogens is 218 g/mol. The van der Waals surface area contributed by atoms with Crippen molar-refractivity contribution in [3.05, 3.63) is 22.4 Å². The van der Waals surface area contributed by atoms with Crippen LogP contribution < -0.4 is 5.32 Å². The van der Waals surface area contributed by atoms with Gasteiger partial charge in [0, 0.05) is 7.11 Å². The van der Waals surface area contributed by atoms with Crippen LogP contribution in [0, 0.1) is 0 Å². The van der Waals surface area contributed by atoms with E-state index < -0.39 is 12.2 Å². The van der Waals surface area contributed by atoms with E-state index >= 15 is 0 Å². The number of hydrogen-bond donors (Lipinski definition) is 2. The second-order valence-corrected chi connectivity index (χ2v) is 3.61. The fourth-order valence-electron chi connectivity index (χ4n) is 0.997. The zero-order valence-electron chi connectivity index (χ0n) is 8.10. The third-order valence-electron chi connectivity index (χ3n) is 1.70. The lowest BCUT2D eigenvalue weighted by Gasteiger charge is -2.11. The van der Waals surface area contributed by atoms with Gasteiger partial charge in [-0.3, -0.25) is 4.79 Å². The summed E-state index contributed by atoms with van der Waals surface area (Å²) in [7, 11) is 1.23. The van der Waals surface area contributed by atoms with Crippen molar-refractivity contribution in [3.63, 3.8) is 0 Å². The summed E-state index contributed by atoms with van der Waals surface area (Å²) in [5, 5.41) is 14.5. The Morgan fingerprint density at radius 1 is 1.67 bits per heavy atom. The monoisotopic (exact) mass is 229 g/mol. The standard InChI is InChI=1S/C9H11NO4S/c1-14-8(9(12)13)10-7(11)4-6-2-3-15-5-6/h2-3,5,8H,4H2,1H3,(H,10,11)(H,12,13). The number of carboxylic acids is 1. The molecule has 1 heterocycles. The van der Waals surface area contributed by atoms with Crippen LogP contribution in [0.4, 0.5) is 0 Å². The maximum atomic E-state index is 11.3. The summed E-state index contributed by atoms with van der Waals surface area (Å²) >= 11 is 1.48. The molecule has 0 fully saturated rings. The summed E-state index contributed by atoms with van der Waals surface area (Å²) < 4.78 is 4.57. The number of carbonyl (C=O) groups is 2. The van der Waals surface area contributed by atoms with Gasteiger partial charge in [-0.2, -0.15) is 11.3 Å². The summed E-state index contributed by atoms with van der Waals surface area (Å²) in [5.74, 6) is -1.58. The maximum absolute atomic E-state index is 11.3. The Balaban J connectivity index is 2.45. The molecule has 0 saturated carbocycles. The molecule has 82 valence electrons. The quantitative estimate of drug-likeness (QED) is 0.719. The maximum Gasteiger partial charge on any atom is 0.354 e. The first-order valence-corrected chi connectivity index (χ1v) is 5.14. The van der Waals surface area contributed by atoms with Crippen molar-refractivity contribution in [2.45, 2.75) is 12.6 Å². The molecule has 0 saturated heterocycles. The number of methoxy groups -OCH3 is 1. The van der Waals surface area contributed by atoms with E-state index in [1.165, 1.54) is 18.4 Å². The van der Waals surface area contributed by atoms with E-state index in [1.807, 2.05) is 16.8 Å². The predicted molar refractivity (Wildman–Crippen MR) is 54.6 cm³/mol. The average molecular weight is 229 g/mol. The fraction of sp³-hybridized carbons (Fsp3) is 0.333. The minimum Gasteiger partial charge on any atom is -0.478 e. The Morgan fingerprint density at radius 3 is 2.87 bits per heavy atom. The smallest absolute Gasteiger partial charge is 0.354 e. The van der Waals surface area contributed by atoms with E-state index in [2.05, 4.69) is 10.1 Å². The van der Waals surface area contributed by atoms with Crippen LogP contribution in [-0.2, 0) is 20.7 Å². The minimum atomic E-state index is -1.28. The molecule has 1 aromatic heterocycles. The molecule has 1 aromatic rings. The molecule has 0 radical (unpaired) electrons. The molecule has 0 aliphatic carbocycles. The first kappa shape index (κ1) is 11.7. The lowest BCUT2D eigenvalue weighted by atomic mass is 10.2. The molecule has 0 aliphatic rings. The normalized spacial score (nSPS) is 12.1. The number of carboxylic acid groups (broad SMARTS) is 1. The van der Waals surface area contributed by atoms with E-state index in [0.29, 0.717) is 0 Å². The van der Waals surface area contributed by atoms with E-state index in [9.17, 15) is 9.59 Å². The lowest BCUT2D eigenvalue weighted by molar-refractivity contribution is -0.153. The summed E-state index contributed by atoms with van der Waals surface area (Å²) in [6.45, 7) is 0. The van der Waals surface area contributed by atoms with Crippen LogP contribution in [0.3, 0.4) is 0 Å². The Bertz CT molecular complexity index is 336. The molecule has 6 heteroatoms. The Morgan fingerprint density at radius 2 is 2.40 bits per heavy atom. The number of aliphatic carboxylic acids is 1. The Hall–Kier alpha value is -1.40. The van der Waals surface area contributed by atoms with Gasteiger partial charge in [0.2, 0.25) is 12.1 Å². The molecule has 5 nitrogen and oxygen atoms in total. The molecule has 0 spiro atoms. The summed E-state index contributed by atoms with van der Waals surface area (Å²) in [6, 6.07) is 1.81. The molecule has 15 heavy (non-hydrogen) atoms. The largest absolute Gasteiger partial charge is 0.478 e. The zero-order chi connectivity index (χ0) is 11.3. The van der Waals surface area contributed by atoms with E-state index in [1.54, 1.807) is 0 Å². The van der Waals surface area contributed by atoms with Crippen molar-refractivity contribution in [2.24, 2.45) is 0 Å². The molecule has 1 amide bonds. The van der Waals surface area contributed by atoms with Gasteiger partial charge in [-0.15, -0.1) is 0 Å². The number of carbonyl (C=O) groups excluding carboxylic acids is 1. The summed E-state index contributed by atoms with van der Waals surface area (Å²) in [6.07, 6.45) is -1.12. The van der Waals surface area contributed by atoms with Crippen molar-refractivity contribution < 1.29 is 19.4 Å². The summed E-state index contributed by atoms with van der Waals surface area (Å²) in [5.41, 5.74) is 0.859. The van der Waals surface area contributed by atoms with Gasteiger partial charge in [0.1, 0.15) is 0 Å². The highest BCUT2D eigenvalue weighted by Crippen LogP contribution is 2.06. The van der Waals surface area contributed by atoms with Gasteiger partial charge >= 0.3 is 5.97 Å². The second-order valence-electron chi connectivity index (χ2n) is 2.83. The van der Waals surface area contributed by atoms with Gasteiger partial charge in [-0.1, -0.05) is 0 Å². The van der Waals surface area contributed by atoms with Crippen LogP contribution in [0.5, 0.6) is 0 Å². The van der Waals surface area contributed by atoms with Crippen LogP contribution in [0.25, 0.3) is 0 Å². The third kappa shape index (κ3) is 3.69. The van der Waals surface area contributed by atoms with Crippen molar-refractivity contribution in [1.82, 2.24) is 5.32 Å². The number of hydrogen-bond acceptors (Lipinski definition) is 4. The van der Waals surface area contributed by atoms with Gasteiger partial charge in [0.15, 0.2) is 0 Å². The molecule has 0 aromatic carbocycles. The fourth-order valence-corrected chi connectivity index (χ4v) is 1.67. The number of thiophene rings is 1. The summed E-state index contributed by atoms with van der Waals surface area (Å²) in [4.78, 5) is 21.9. The van der Waals surface area contributed by atoms with Gasteiger partial charge in [0.05, 0.1) is 6.42 Å². The molecule has 1 rings (SSSR count). The highest BCUT2D eigenvalue weighted by molar-refractivity contribution is 7.07. The first-order chi connectivity index (χ1) is 7.13. The van der Waals surface area contributed by atoms with Crippen LogP contribution >= 0.6 is 11.3 Å². The number of rotatable bonds is 5. The van der Waals surface area contributed by atoms with Crippen LogP contribution in [0.2, 0.25) is 0 Å². The Kier molecular flexibility index (Phi) is 4.26. The van der Waals surface area contributed by atoms with Crippen LogP contribution in [0.15, 0.2) is 16.8 Å². The average Bonchev–Trinajstić information content (AvgIpc) is 2.66. The highest BCUT2D eigenvalue weighted by Gasteiger charge is 2.18. The number of amides is 1. The second kappa shape index (κ2) is 5.47. The van der Waals surface area contributed by atoms with Crippen molar-refractivity contribution >= 4 is 23.2 Å². The molecule has 2 N–H and O–H groups in total. The van der Waals surface area contributed by atoms with Crippen molar-refractivity contribution in [3.8, 4) is 0 Å². The van der Waals surface area contributed by atoms with Crippen molar-refractivity contribution in [2.75, 3.05) is 7.11 Å². The molecule has 1 atom stereocenters. The van der Waals surface area contributed by atoms with Crippen molar-refractivity contribution in [1.29, 1.82) is 0 Å². The number of nitrogens with one attached hydrogen (secondary N) is 1. The van der Waals surface area contributed by atoms with Gasteiger partial charge in [-0.25, -0.2) is 4.79 Å². The van der Waals surface area contributed by atoms with E-state index in [0.717, 1.165) is 5.56 Å². The lowest BCUT2D eigenvalue weighted by Crippen LogP contribution is -2.42. The van der Waals surface area contributed by atoms with E-state index in [4.69, 9.17) is 5.11 Å². The predicted octanol–water partition coefficient (Wildman–Crippen LogP) is 0.464.